The number of rotatable bonds is 7. The van der Waals surface area contributed by atoms with Crippen molar-refractivity contribution in [2.24, 2.45) is 0 Å². The molecule has 9 nitrogen and oxygen atoms in total. The summed E-state index contributed by atoms with van der Waals surface area (Å²) in [4.78, 5) is 33.6. The summed E-state index contributed by atoms with van der Waals surface area (Å²) >= 11 is 0. The standard InChI is InChI=1S/C27H24N6O3/c1-17-7-9-19(10-8-17)30-24-15-25(29-18(2)28-24)31-20-11-13-21(14-12-20)32-26(34)16-33-22-5-3-4-6-23(22)36-27(33)35/h3-15H,16H2,1-2H3,(H,32,34)(H2,28,29,30,31). The minimum Gasteiger partial charge on any atom is -0.408 e. The fourth-order valence-electron chi connectivity index (χ4n) is 3.77. The predicted octanol–water partition coefficient (Wildman–Crippen LogP) is 5.13. The normalized spacial score (nSPS) is 10.8. The Bertz CT molecular complexity index is 1590. The number of benzene rings is 3. The second kappa shape index (κ2) is 9.75. The minimum absolute atomic E-state index is 0.146. The quantitative estimate of drug-likeness (QED) is 0.296. The smallest absolute Gasteiger partial charge is 0.408 e. The fraction of sp³-hybridized carbons (Fsp3) is 0.111. The van der Waals surface area contributed by atoms with Crippen molar-refractivity contribution >= 4 is 45.7 Å². The molecule has 2 aromatic heterocycles. The zero-order valence-electron chi connectivity index (χ0n) is 19.8. The lowest BCUT2D eigenvalue weighted by Crippen LogP contribution is -2.24. The Hall–Kier alpha value is -4.92. The van der Waals surface area contributed by atoms with Crippen molar-refractivity contribution in [1.29, 1.82) is 0 Å². The zero-order chi connectivity index (χ0) is 25.1. The third-order valence-corrected chi connectivity index (χ3v) is 5.48. The number of carbonyl (C=O) groups is 1. The van der Waals surface area contributed by atoms with E-state index in [1.165, 1.54) is 10.1 Å². The lowest BCUT2D eigenvalue weighted by molar-refractivity contribution is -0.116. The van der Waals surface area contributed by atoms with Crippen LogP contribution in [0.1, 0.15) is 11.4 Å². The van der Waals surface area contributed by atoms with Crippen LogP contribution in [-0.2, 0) is 11.3 Å². The molecule has 0 unspecified atom stereocenters. The van der Waals surface area contributed by atoms with Gasteiger partial charge in [-0.05, 0) is 62.4 Å². The molecule has 5 aromatic rings. The summed E-state index contributed by atoms with van der Waals surface area (Å²) in [5, 5.41) is 9.36. The van der Waals surface area contributed by atoms with Crippen molar-refractivity contribution in [3.8, 4) is 0 Å². The fourth-order valence-corrected chi connectivity index (χ4v) is 3.77. The van der Waals surface area contributed by atoms with E-state index in [0.717, 1.165) is 11.4 Å². The van der Waals surface area contributed by atoms with Gasteiger partial charge in [-0.15, -0.1) is 0 Å². The maximum Gasteiger partial charge on any atom is 0.420 e. The van der Waals surface area contributed by atoms with E-state index in [4.69, 9.17) is 4.42 Å². The average Bonchev–Trinajstić information content (AvgIpc) is 3.16. The topological polar surface area (TPSA) is 114 Å². The molecular formula is C27H24N6O3. The predicted molar refractivity (Wildman–Crippen MR) is 140 cm³/mol. The van der Waals surface area contributed by atoms with Gasteiger partial charge in [-0.1, -0.05) is 29.8 Å². The molecule has 1 amide bonds. The van der Waals surface area contributed by atoms with Gasteiger partial charge in [-0.2, -0.15) is 0 Å². The first-order valence-corrected chi connectivity index (χ1v) is 11.4. The Labute approximate surface area is 206 Å². The first kappa shape index (κ1) is 22.9. The van der Waals surface area contributed by atoms with E-state index < -0.39 is 5.76 Å². The Morgan fingerprint density at radius 3 is 2.08 bits per heavy atom. The number of oxazole rings is 1. The van der Waals surface area contributed by atoms with Gasteiger partial charge in [0.25, 0.3) is 0 Å². The van der Waals surface area contributed by atoms with Crippen LogP contribution < -0.4 is 21.7 Å². The zero-order valence-corrected chi connectivity index (χ0v) is 19.8. The monoisotopic (exact) mass is 480 g/mol. The minimum atomic E-state index is -0.567. The Morgan fingerprint density at radius 1 is 0.833 bits per heavy atom. The van der Waals surface area contributed by atoms with Crippen LogP contribution in [0.3, 0.4) is 0 Å². The lowest BCUT2D eigenvalue weighted by Gasteiger charge is -2.11. The Morgan fingerprint density at radius 2 is 1.42 bits per heavy atom. The average molecular weight is 481 g/mol. The molecule has 180 valence electrons. The van der Waals surface area contributed by atoms with E-state index in [1.807, 2.05) is 56.3 Å². The van der Waals surface area contributed by atoms with Gasteiger partial charge in [0.15, 0.2) is 5.58 Å². The first-order valence-electron chi connectivity index (χ1n) is 11.4. The number of carbonyl (C=O) groups excluding carboxylic acids is 1. The van der Waals surface area contributed by atoms with E-state index in [1.54, 1.807) is 36.4 Å². The highest BCUT2D eigenvalue weighted by atomic mass is 16.4. The number of hydrogen-bond donors (Lipinski definition) is 3. The number of aryl methyl sites for hydroxylation is 2. The van der Waals surface area contributed by atoms with Crippen LogP contribution >= 0.6 is 0 Å². The molecule has 0 aliphatic rings. The molecule has 3 aromatic carbocycles. The number of anilines is 5. The van der Waals surface area contributed by atoms with Gasteiger partial charge in [0.2, 0.25) is 5.91 Å². The van der Waals surface area contributed by atoms with Crippen molar-refractivity contribution in [3.05, 3.63) is 101 Å². The second-order valence-corrected chi connectivity index (χ2v) is 8.35. The molecule has 3 N–H and O–H groups in total. The maximum absolute atomic E-state index is 12.5. The number of nitrogens with zero attached hydrogens (tertiary/aromatic N) is 3. The molecule has 0 saturated carbocycles. The Kier molecular flexibility index (Phi) is 6.19. The third kappa shape index (κ3) is 5.25. The molecular weight excluding hydrogens is 456 g/mol. The summed E-state index contributed by atoms with van der Waals surface area (Å²) in [6.07, 6.45) is 0. The number of hydrogen-bond acceptors (Lipinski definition) is 7. The molecule has 0 atom stereocenters. The summed E-state index contributed by atoms with van der Waals surface area (Å²) in [6.45, 7) is 3.73. The highest BCUT2D eigenvalue weighted by Gasteiger charge is 2.12. The van der Waals surface area contributed by atoms with Gasteiger partial charge in [0.1, 0.15) is 24.0 Å². The summed E-state index contributed by atoms with van der Waals surface area (Å²) in [7, 11) is 0. The molecule has 0 spiro atoms. The summed E-state index contributed by atoms with van der Waals surface area (Å²) < 4.78 is 6.49. The van der Waals surface area contributed by atoms with Crippen molar-refractivity contribution in [2.45, 2.75) is 20.4 Å². The van der Waals surface area contributed by atoms with Gasteiger partial charge in [0.05, 0.1) is 5.52 Å². The van der Waals surface area contributed by atoms with Crippen molar-refractivity contribution in [3.63, 3.8) is 0 Å². The molecule has 5 rings (SSSR count). The number of fused-ring (bicyclic) bond motifs is 1. The van der Waals surface area contributed by atoms with Crippen molar-refractivity contribution < 1.29 is 9.21 Å². The third-order valence-electron chi connectivity index (χ3n) is 5.48. The first-order chi connectivity index (χ1) is 17.4. The van der Waals surface area contributed by atoms with Crippen LogP contribution in [0.2, 0.25) is 0 Å². The molecule has 2 heterocycles. The van der Waals surface area contributed by atoms with Crippen LogP contribution in [0.4, 0.5) is 28.7 Å². The molecule has 9 heteroatoms. The van der Waals surface area contributed by atoms with E-state index in [2.05, 4.69) is 25.9 Å². The second-order valence-electron chi connectivity index (χ2n) is 8.35. The van der Waals surface area contributed by atoms with Crippen LogP contribution in [0.25, 0.3) is 11.1 Å². The molecule has 0 aliphatic heterocycles. The van der Waals surface area contributed by atoms with E-state index in [9.17, 15) is 9.59 Å². The molecule has 0 aliphatic carbocycles. The van der Waals surface area contributed by atoms with Gasteiger partial charge in [-0.3, -0.25) is 9.36 Å². The number of nitrogens with one attached hydrogen (secondary N) is 3. The summed E-state index contributed by atoms with van der Waals surface area (Å²) in [5.41, 5.74) is 4.55. The highest BCUT2D eigenvalue weighted by Crippen LogP contribution is 2.22. The van der Waals surface area contributed by atoms with Gasteiger partial charge in [-0.25, -0.2) is 14.8 Å². The number of aromatic nitrogens is 3. The van der Waals surface area contributed by atoms with Crippen LogP contribution in [-0.4, -0.2) is 20.4 Å². The highest BCUT2D eigenvalue weighted by molar-refractivity contribution is 5.91. The Balaban J connectivity index is 1.24. The van der Waals surface area contributed by atoms with Crippen molar-refractivity contribution in [2.75, 3.05) is 16.0 Å². The largest absolute Gasteiger partial charge is 0.420 e. The molecule has 0 radical (unpaired) electrons. The van der Waals surface area contributed by atoms with E-state index >= 15 is 0 Å². The summed E-state index contributed by atoms with van der Waals surface area (Å²) in [6, 6.07) is 24.1. The SMILES string of the molecule is Cc1ccc(Nc2cc(Nc3ccc(NC(=O)Cn4c(=O)oc5ccccc54)cc3)nc(C)n2)cc1. The molecule has 0 bridgehead atoms. The van der Waals surface area contributed by atoms with Crippen LogP contribution in [0.5, 0.6) is 0 Å². The van der Waals surface area contributed by atoms with Crippen molar-refractivity contribution in [1.82, 2.24) is 14.5 Å². The molecule has 0 fully saturated rings. The van der Waals surface area contributed by atoms with Gasteiger partial charge in [0, 0.05) is 23.1 Å². The lowest BCUT2D eigenvalue weighted by atomic mass is 10.2. The van der Waals surface area contributed by atoms with Gasteiger partial charge < -0.3 is 20.4 Å². The maximum atomic E-state index is 12.5. The molecule has 36 heavy (non-hydrogen) atoms. The molecule has 0 saturated heterocycles. The van der Waals surface area contributed by atoms with E-state index in [0.29, 0.717) is 34.2 Å². The van der Waals surface area contributed by atoms with E-state index in [-0.39, 0.29) is 12.5 Å². The number of amides is 1. The van der Waals surface area contributed by atoms with Gasteiger partial charge >= 0.3 is 5.76 Å². The van der Waals surface area contributed by atoms with Crippen LogP contribution in [0, 0.1) is 13.8 Å². The van der Waals surface area contributed by atoms with Crippen LogP contribution in [0.15, 0.2) is 88.1 Å². The summed E-state index contributed by atoms with van der Waals surface area (Å²) in [5.74, 6) is 1.05. The number of para-hydroxylation sites is 2.